The molecule has 1 N–H and O–H groups in total. The summed E-state index contributed by atoms with van der Waals surface area (Å²) in [5, 5.41) is 10.5. The molecule has 0 aliphatic carbocycles. The number of hydrogen-bond donors (Lipinski definition) is 1. The molecule has 1 heterocycles. The van der Waals surface area contributed by atoms with E-state index in [2.05, 4.69) is 13.0 Å². The molecule has 0 aliphatic heterocycles. The van der Waals surface area contributed by atoms with Crippen LogP contribution in [-0.4, -0.2) is 5.11 Å². The Bertz CT molecular complexity index is 1030. The summed E-state index contributed by atoms with van der Waals surface area (Å²) in [6, 6.07) is 19.3. The van der Waals surface area contributed by atoms with Crippen molar-refractivity contribution in [3.63, 3.8) is 0 Å². The summed E-state index contributed by atoms with van der Waals surface area (Å²) in [6.07, 6.45) is 0. The first-order valence-electron chi connectivity index (χ1n) is 7.86. The SMILES string of the molecule is Cc1ccc2c(Oc3ccc(O)cc3)c(-c3ccc(F)cc3)sc2c1. The van der Waals surface area contributed by atoms with Crippen molar-refractivity contribution in [1.82, 2.24) is 0 Å². The Morgan fingerprint density at radius 2 is 1.64 bits per heavy atom. The van der Waals surface area contributed by atoms with Crippen molar-refractivity contribution in [3.8, 4) is 27.7 Å². The lowest BCUT2D eigenvalue weighted by atomic mass is 10.1. The molecule has 0 atom stereocenters. The molecule has 1 aromatic heterocycles. The van der Waals surface area contributed by atoms with Crippen molar-refractivity contribution >= 4 is 21.4 Å². The predicted octanol–water partition coefficient (Wildman–Crippen LogP) is 6.51. The van der Waals surface area contributed by atoms with E-state index in [-0.39, 0.29) is 11.6 Å². The third-order valence-corrected chi connectivity index (χ3v) is 5.15. The molecule has 4 rings (SSSR count). The molecular weight excluding hydrogens is 335 g/mol. The van der Waals surface area contributed by atoms with E-state index >= 15 is 0 Å². The minimum Gasteiger partial charge on any atom is -0.508 e. The van der Waals surface area contributed by atoms with Gasteiger partial charge in [0.2, 0.25) is 0 Å². The van der Waals surface area contributed by atoms with Crippen molar-refractivity contribution in [2.45, 2.75) is 6.92 Å². The number of halogens is 1. The van der Waals surface area contributed by atoms with Gasteiger partial charge in [0, 0.05) is 10.1 Å². The zero-order chi connectivity index (χ0) is 17.4. The van der Waals surface area contributed by atoms with Crippen LogP contribution in [0.2, 0.25) is 0 Å². The molecule has 4 heteroatoms. The summed E-state index contributed by atoms with van der Waals surface area (Å²) in [6.45, 7) is 2.05. The molecule has 0 fully saturated rings. The quantitative estimate of drug-likeness (QED) is 0.456. The molecule has 0 saturated carbocycles. The third kappa shape index (κ3) is 3.08. The van der Waals surface area contributed by atoms with Gasteiger partial charge in [-0.1, -0.05) is 18.2 Å². The highest BCUT2D eigenvalue weighted by Gasteiger charge is 2.16. The van der Waals surface area contributed by atoms with Gasteiger partial charge in [-0.05, 0) is 66.6 Å². The lowest BCUT2D eigenvalue weighted by Gasteiger charge is -2.08. The Morgan fingerprint density at radius 3 is 2.36 bits per heavy atom. The lowest BCUT2D eigenvalue weighted by molar-refractivity contribution is 0.467. The molecule has 0 bridgehead atoms. The molecule has 0 radical (unpaired) electrons. The zero-order valence-electron chi connectivity index (χ0n) is 13.5. The Balaban J connectivity index is 1.88. The molecule has 0 spiro atoms. The second kappa shape index (κ2) is 6.22. The number of ether oxygens (including phenoxy) is 1. The molecule has 0 amide bonds. The second-order valence-electron chi connectivity index (χ2n) is 5.86. The van der Waals surface area contributed by atoms with Gasteiger partial charge in [-0.15, -0.1) is 11.3 Å². The zero-order valence-corrected chi connectivity index (χ0v) is 14.3. The van der Waals surface area contributed by atoms with Gasteiger partial charge in [-0.2, -0.15) is 0 Å². The maximum Gasteiger partial charge on any atom is 0.153 e. The molecule has 124 valence electrons. The normalized spacial score (nSPS) is 11.0. The van der Waals surface area contributed by atoms with Crippen LogP contribution in [0.15, 0.2) is 66.7 Å². The van der Waals surface area contributed by atoms with E-state index in [0.717, 1.165) is 26.3 Å². The molecule has 25 heavy (non-hydrogen) atoms. The first kappa shape index (κ1) is 15.7. The topological polar surface area (TPSA) is 29.5 Å². The highest BCUT2D eigenvalue weighted by atomic mass is 32.1. The van der Waals surface area contributed by atoms with Gasteiger partial charge in [0.1, 0.15) is 17.3 Å². The number of phenolic OH excluding ortho intramolecular Hbond substituents is 1. The van der Waals surface area contributed by atoms with E-state index < -0.39 is 0 Å². The summed E-state index contributed by atoms with van der Waals surface area (Å²) in [5.74, 6) is 1.32. The van der Waals surface area contributed by atoms with Crippen LogP contribution in [-0.2, 0) is 0 Å². The minimum absolute atomic E-state index is 0.192. The van der Waals surface area contributed by atoms with E-state index in [0.29, 0.717) is 5.75 Å². The van der Waals surface area contributed by atoms with Crippen molar-refractivity contribution in [2.24, 2.45) is 0 Å². The van der Waals surface area contributed by atoms with Crippen molar-refractivity contribution in [1.29, 1.82) is 0 Å². The fourth-order valence-electron chi connectivity index (χ4n) is 2.70. The van der Waals surface area contributed by atoms with Gasteiger partial charge in [0.15, 0.2) is 5.75 Å². The van der Waals surface area contributed by atoms with Crippen LogP contribution in [0.1, 0.15) is 5.56 Å². The predicted molar refractivity (Wildman–Crippen MR) is 100 cm³/mol. The largest absolute Gasteiger partial charge is 0.508 e. The summed E-state index contributed by atoms with van der Waals surface area (Å²) in [5.41, 5.74) is 2.09. The van der Waals surface area contributed by atoms with Crippen molar-refractivity contribution in [3.05, 3.63) is 78.1 Å². The molecule has 0 aliphatic rings. The number of aryl methyl sites for hydroxylation is 1. The van der Waals surface area contributed by atoms with Gasteiger partial charge in [-0.25, -0.2) is 4.39 Å². The second-order valence-corrected chi connectivity index (χ2v) is 6.91. The highest BCUT2D eigenvalue weighted by Crippen LogP contribution is 2.46. The number of hydrogen-bond acceptors (Lipinski definition) is 3. The molecule has 0 saturated heterocycles. The summed E-state index contributed by atoms with van der Waals surface area (Å²) in [7, 11) is 0. The molecular formula is C21H15FO2S. The summed E-state index contributed by atoms with van der Waals surface area (Å²) < 4.78 is 20.6. The first-order chi connectivity index (χ1) is 12.1. The number of rotatable bonds is 3. The molecule has 4 aromatic rings. The molecule has 3 aromatic carbocycles. The monoisotopic (exact) mass is 350 g/mol. The maximum atomic E-state index is 13.3. The van der Waals surface area contributed by atoms with Crippen LogP contribution in [0.25, 0.3) is 20.5 Å². The van der Waals surface area contributed by atoms with Crippen LogP contribution >= 0.6 is 11.3 Å². The number of thiophene rings is 1. The fourth-order valence-corrected chi connectivity index (χ4v) is 3.94. The maximum absolute atomic E-state index is 13.3. The van der Waals surface area contributed by atoms with E-state index in [1.54, 1.807) is 47.7 Å². The summed E-state index contributed by atoms with van der Waals surface area (Å²) in [4.78, 5) is 0.952. The van der Waals surface area contributed by atoms with Gasteiger partial charge < -0.3 is 9.84 Å². The minimum atomic E-state index is -0.262. The van der Waals surface area contributed by atoms with Crippen LogP contribution < -0.4 is 4.74 Å². The summed E-state index contributed by atoms with van der Waals surface area (Å²) >= 11 is 1.62. The van der Waals surface area contributed by atoms with E-state index in [9.17, 15) is 9.50 Å². The van der Waals surface area contributed by atoms with Crippen molar-refractivity contribution in [2.75, 3.05) is 0 Å². The van der Waals surface area contributed by atoms with E-state index in [1.165, 1.54) is 17.7 Å². The first-order valence-corrected chi connectivity index (χ1v) is 8.68. The Kier molecular flexibility index (Phi) is 3.90. The Labute approximate surface area is 148 Å². The Morgan fingerprint density at radius 1 is 0.920 bits per heavy atom. The van der Waals surface area contributed by atoms with Crippen LogP contribution in [0.5, 0.6) is 17.2 Å². The lowest BCUT2D eigenvalue weighted by Crippen LogP contribution is -1.85. The van der Waals surface area contributed by atoms with Gasteiger partial charge in [0.05, 0.1) is 4.88 Å². The smallest absolute Gasteiger partial charge is 0.153 e. The molecule has 0 unspecified atom stereocenters. The number of benzene rings is 3. The fraction of sp³-hybridized carbons (Fsp3) is 0.0476. The van der Waals surface area contributed by atoms with Gasteiger partial charge in [0.25, 0.3) is 0 Å². The van der Waals surface area contributed by atoms with Crippen molar-refractivity contribution < 1.29 is 14.2 Å². The molecule has 2 nitrogen and oxygen atoms in total. The Hall–Kier alpha value is -2.85. The number of aromatic hydroxyl groups is 1. The number of phenols is 1. The van der Waals surface area contributed by atoms with Gasteiger partial charge >= 0.3 is 0 Å². The van der Waals surface area contributed by atoms with Gasteiger partial charge in [-0.3, -0.25) is 0 Å². The van der Waals surface area contributed by atoms with Crippen LogP contribution in [0.3, 0.4) is 0 Å². The van der Waals surface area contributed by atoms with E-state index in [4.69, 9.17) is 4.74 Å². The van der Waals surface area contributed by atoms with Crippen LogP contribution in [0.4, 0.5) is 4.39 Å². The average molecular weight is 350 g/mol. The standard InChI is InChI=1S/C21H15FO2S/c1-13-2-11-18-19(12-13)25-21(14-3-5-15(22)6-4-14)20(18)24-17-9-7-16(23)8-10-17/h2-12,23H,1H3. The highest BCUT2D eigenvalue weighted by molar-refractivity contribution is 7.22. The number of fused-ring (bicyclic) bond motifs is 1. The van der Waals surface area contributed by atoms with Crippen LogP contribution in [0, 0.1) is 12.7 Å². The average Bonchev–Trinajstić information content (AvgIpc) is 2.95. The third-order valence-electron chi connectivity index (χ3n) is 3.96. The van der Waals surface area contributed by atoms with E-state index in [1.807, 2.05) is 12.1 Å².